The summed E-state index contributed by atoms with van der Waals surface area (Å²) < 4.78 is 0. The molecule has 0 aliphatic heterocycles. The molecule has 3 nitrogen and oxygen atoms in total. The zero-order chi connectivity index (χ0) is 11.9. The average Bonchev–Trinajstić information content (AvgIpc) is 2.17. The Kier molecular flexibility index (Phi) is 7.14. The van der Waals surface area contributed by atoms with Crippen LogP contribution in [-0.4, -0.2) is 41.8 Å². The molecule has 2 atom stereocenters. The second kappa shape index (κ2) is 7.20. The fourth-order valence-electron chi connectivity index (χ4n) is 1.73. The molecule has 92 valence electrons. The first-order valence-electron chi connectivity index (χ1n) is 6.03. The second-order valence-corrected chi connectivity index (χ2v) is 5.05. The van der Waals surface area contributed by atoms with E-state index in [0.717, 1.165) is 13.0 Å². The maximum atomic E-state index is 9.10. The highest BCUT2D eigenvalue weighted by molar-refractivity contribution is 4.82. The van der Waals surface area contributed by atoms with Crippen LogP contribution in [0.2, 0.25) is 0 Å². The van der Waals surface area contributed by atoms with Gasteiger partial charge in [-0.25, -0.2) is 0 Å². The predicted octanol–water partition coefficient (Wildman–Crippen LogP) is 1.60. The van der Waals surface area contributed by atoms with E-state index in [0.29, 0.717) is 6.04 Å². The van der Waals surface area contributed by atoms with Crippen molar-refractivity contribution in [2.45, 2.75) is 58.0 Å². The lowest BCUT2D eigenvalue weighted by Gasteiger charge is -2.31. The van der Waals surface area contributed by atoms with E-state index in [1.165, 1.54) is 19.3 Å². The van der Waals surface area contributed by atoms with Crippen LogP contribution in [0.25, 0.3) is 0 Å². The Morgan fingerprint density at radius 2 is 2.00 bits per heavy atom. The number of hydrogen-bond donors (Lipinski definition) is 2. The minimum absolute atomic E-state index is 0.0557. The average molecular weight is 216 g/mol. The van der Waals surface area contributed by atoms with Gasteiger partial charge in [-0.1, -0.05) is 19.8 Å². The van der Waals surface area contributed by atoms with Crippen molar-refractivity contribution in [3.8, 4) is 0 Å². The van der Waals surface area contributed by atoms with Crippen molar-refractivity contribution in [3.63, 3.8) is 0 Å². The van der Waals surface area contributed by atoms with Gasteiger partial charge >= 0.3 is 0 Å². The van der Waals surface area contributed by atoms with Crippen LogP contribution in [-0.2, 0) is 0 Å². The van der Waals surface area contributed by atoms with Crippen molar-refractivity contribution in [1.29, 1.82) is 0 Å². The van der Waals surface area contributed by atoms with Gasteiger partial charge in [0.2, 0.25) is 0 Å². The minimum Gasteiger partial charge on any atom is -0.394 e. The fourth-order valence-corrected chi connectivity index (χ4v) is 1.73. The number of nitrogens with zero attached hydrogens (tertiary/aromatic N) is 1. The van der Waals surface area contributed by atoms with Crippen molar-refractivity contribution in [2.24, 2.45) is 5.73 Å². The molecule has 0 bridgehead atoms. The van der Waals surface area contributed by atoms with Gasteiger partial charge in [0.05, 0.1) is 6.61 Å². The Morgan fingerprint density at radius 1 is 1.40 bits per heavy atom. The van der Waals surface area contributed by atoms with Gasteiger partial charge in [-0.2, -0.15) is 0 Å². The van der Waals surface area contributed by atoms with Crippen LogP contribution in [0.1, 0.15) is 46.5 Å². The smallest absolute Gasteiger partial charge is 0.0609 e. The van der Waals surface area contributed by atoms with E-state index in [1.807, 2.05) is 6.92 Å². The number of aliphatic hydroxyl groups excluding tert-OH is 1. The van der Waals surface area contributed by atoms with Gasteiger partial charge < -0.3 is 15.7 Å². The molecule has 0 radical (unpaired) electrons. The zero-order valence-corrected chi connectivity index (χ0v) is 10.8. The summed E-state index contributed by atoms with van der Waals surface area (Å²) in [6.07, 6.45) is 4.63. The highest BCUT2D eigenvalue weighted by Crippen LogP contribution is 2.12. The molecule has 0 saturated carbocycles. The molecule has 0 aliphatic rings. The van der Waals surface area contributed by atoms with Gasteiger partial charge in [0, 0.05) is 11.6 Å². The molecule has 0 heterocycles. The van der Waals surface area contributed by atoms with Gasteiger partial charge in [0.15, 0.2) is 0 Å². The molecule has 0 saturated heterocycles. The van der Waals surface area contributed by atoms with Crippen molar-refractivity contribution < 1.29 is 5.11 Å². The van der Waals surface area contributed by atoms with E-state index in [2.05, 4.69) is 25.8 Å². The molecule has 3 N–H and O–H groups in total. The van der Waals surface area contributed by atoms with Gasteiger partial charge in [-0.3, -0.25) is 0 Å². The van der Waals surface area contributed by atoms with Crippen LogP contribution in [0.3, 0.4) is 0 Å². The second-order valence-electron chi connectivity index (χ2n) is 5.05. The molecule has 0 amide bonds. The number of unbranched alkanes of at least 4 members (excludes halogenated alkanes) is 2. The Hall–Kier alpha value is -0.120. The summed E-state index contributed by atoms with van der Waals surface area (Å²) in [5.74, 6) is 0. The number of nitrogens with two attached hydrogens (primary N) is 1. The summed E-state index contributed by atoms with van der Waals surface area (Å²) in [4.78, 5) is 2.33. The molecular weight excluding hydrogens is 188 g/mol. The Balaban J connectivity index is 3.82. The van der Waals surface area contributed by atoms with E-state index in [1.54, 1.807) is 0 Å². The van der Waals surface area contributed by atoms with E-state index in [4.69, 9.17) is 10.8 Å². The third kappa shape index (κ3) is 6.88. The quantitative estimate of drug-likeness (QED) is 0.606. The number of rotatable bonds is 8. The molecule has 0 spiro atoms. The Labute approximate surface area is 94.6 Å². The molecule has 2 unspecified atom stereocenters. The first-order valence-corrected chi connectivity index (χ1v) is 6.03. The highest BCUT2D eigenvalue weighted by atomic mass is 16.3. The van der Waals surface area contributed by atoms with E-state index < -0.39 is 5.54 Å². The molecular formula is C12H28N2O. The van der Waals surface area contributed by atoms with Gasteiger partial charge in [0.25, 0.3) is 0 Å². The molecule has 0 rings (SSSR count). The van der Waals surface area contributed by atoms with Crippen LogP contribution in [0, 0.1) is 0 Å². The van der Waals surface area contributed by atoms with Crippen molar-refractivity contribution in [3.05, 3.63) is 0 Å². The predicted molar refractivity (Wildman–Crippen MR) is 65.9 cm³/mol. The zero-order valence-electron chi connectivity index (χ0n) is 10.8. The molecule has 0 fully saturated rings. The van der Waals surface area contributed by atoms with Crippen LogP contribution in [0.15, 0.2) is 0 Å². The van der Waals surface area contributed by atoms with E-state index in [9.17, 15) is 0 Å². The summed E-state index contributed by atoms with van der Waals surface area (Å²) in [6, 6.07) is 0.434. The summed E-state index contributed by atoms with van der Waals surface area (Å²) in [6.45, 7) is 7.47. The normalized spacial score (nSPS) is 17.8. The standard InChI is InChI=1S/C12H28N2O/c1-5-6-7-8-14(4)11(2)9-12(3,13)10-15/h11,15H,5-10,13H2,1-4H3. The summed E-state index contributed by atoms with van der Waals surface area (Å²) in [5, 5.41) is 9.10. The first-order chi connectivity index (χ1) is 6.93. The van der Waals surface area contributed by atoms with Crippen LogP contribution in [0.5, 0.6) is 0 Å². The molecule has 15 heavy (non-hydrogen) atoms. The van der Waals surface area contributed by atoms with E-state index >= 15 is 0 Å². The topological polar surface area (TPSA) is 49.5 Å². The largest absolute Gasteiger partial charge is 0.394 e. The highest BCUT2D eigenvalue weighted by Gasteiger charge is 2.22. The molecule has 0 aromatic rings. The third-order valence-corrected chi connectivity index (χ3v) is 2.99. The summed E-state index contributed by atoms with van der Waals surface area (Å²) in [7, 11) is 2.13. The van der Waals surface area contributed by atoms with E-state index in [-0.39, 0.29) is 6.61 Å². The fraction of sp³-hybridized carbons (Fsp3) is 1.00. The number of hydrogen-bond acceptors (Lipinski definition) is 3. The van der Waals surface area contributed by atoms with Crippen LogP contribution in [0.4, 0.5) is 0 Å². The lowest BCUT2D eigenvalue weighted by Crippen LogP contribution is -2.46. The third-order valence-electron chi connectivity index (χ3n) is 2.99. The molecule has 0 aromatic heterocycles. The van der Waals surface area contributed by atoms with Gasteiger partial charge in [0.1, 0.15) is 0 Å². The van der Waals surface area contributed by atoms with Crippen molar-refractivity contribution in [2.75, 3.05) is 20.2 Å². The summed E-state index contributed by atoms with van der Waals surface area (Å²) >= 11 is 0. The Morgan fingerprint density at radius 3 is 2.47 bits per heavy atom. The first kappa shape index (κ1) is 14.9. The molecule has 3 heteroatoms. The Bertz CT molecular complexity index is 160. The van der Waals surface area contributed by atoms with Crippen molar-refractivity contribution in [1.82, 2.24) is 4.90 Å². The minimum atomic E-state index is -0.446. The SMILES string of the molecule is CCCCCN(C)C(C)CC(C)(N)CO. The summed E-state index contributed by atoms with van der Waals surface area (Å²) in [5.41, 5.74) is 5.49. The number of aliphatic hydroxyl groups is 1. The lowest BCUT2D eigenvalue weighted by atomic mass is 9.95. The van der Waals surface area contributed by atoms with Gasteiger partial charge in [-0.15, -0.1) is 0 Å². The lowest BCUT2D eigenvalue weighted by molar-refractivity contribution is 0.152. The monoisotopic (exact) mass is 216 g/mol. The maximum Gasteiger partial charge on any atom is 0.0609 e. The molecule has 0 aliphatic carbocycles. The molecule has 0 aromatic carbocycles. The van der Waals surface area contributed by atoms with Crippen LogP contribution >= 0.6 is 0 Å². The van der Waals surface area contributed by atoms with Gasteiger partial charge in [-0.05, 0) is 40.3 Å². The van der Waals surface area contributed by atoms with Crippen molar-refractivity contribution >= 4 is 0 Å². The van der Waals surface area contributed by atoms with Crippen LogP contribution < -0.4 is 5.73 Å². The maximum absolute atomic E-state index is 9.10.